The van der Waals surface area contributed by atoms with Crippen LogP contribution in [0.1, 0.15) is 0 Å². The lowest BCUT2D eigenvalue weighted by atomic mass is 10.1. The second kappa shape index (κ2) is 6.01. The molecule has 2 aromatic carbocycles. The predicted molar refractivity (Wildman–Crippen MR) is 117 cm³/mol. The number of hydrogen-bond acceptors (Lipinski definition) is 3. The lowest BCUT2D eigenvalue weighted by Gasteiger charge is -2.09. The van der Waals surface area contributed by atoms with Gasteiger partial charge in [0.15, 0.2) is 0 Å². The molecule has 6 rings (SSSR count). The van der Waals surface area contributed by atoms with Crippen molar-refractivity contribution in [2.45, 2.75) is 0 Å². The van der Waals surface area contributed by atoms with E-state index in [4.69, 9.17) is 4.98 Å². The van der Waals surface area contributed by atoms with Crippen LogP contribution in [0, 0.1) is 0 Å². The summed E-state index contributed by atoms with van der Waals surface area (Å²) in [4.78, 5) is 9.25. The number of benzene rings is 2. The van der Waals surface area contributed by atoms with Gasteiger partial charge in [0.05, 0.1) is 16.7 Å². The summed E-state index contributed by atoms with van der Waals surface area (Å²) in [5.74, 6) is 0.922. The van der Waals surface area contributed by atoms with Crippen molar-refractivity contribution < 1.29 is 0 Å². The minimum Gasteiger partial charge on any atom is -0.293 e. The van der Waals surface area contributed by atoms with Crippen molar-refractivity contribution >= 4 is 43.2 Å². The standard InChI is InChI=1S/C24H15N3S/c1-2-8-21-17(6-1)18-10-11-22-19(12-14-28-22)24(18)27(21)23-9-3-7-20(26-23)16-5-4-13-25-15-16/h1-15H. The molecule has 4 heteroatoms. The minimum absolute atomic E-state index is 0.922. The molecular weight excluding hydrogens is 362 g/mol. The molecule has 0 saturated heterocycles. The Morgan fingerprint density at radius 3 is 2.64 bits per heavy atom. The van der Waals surface area contributed by atoms with Crippen molar-refractivity contribution in [2.75, 3.05) is 0 Å². The highest BCUT2D eigenvalue weighted by Gasteiger charge is 2.16. The SMILES string of the molecule is c1cncc(-c2cccc(-n3c4ccccc4c4ccc5sccc5c43)n2)c1. The zero-order valence-corrected chi connectivity index (χ0v) is 15.7. The molecule has 0 fully saturated rings. The Kier molecular flexibility index (Phi) is 3.34. The van der Waals surface area contributed by atoms with E-state index in [1.165, 1.54) is 31.9 Å². The van der Waals surface area contributed by atoms with Crippen molar-refractivity contribution in [3.8, 4) is 17.1 Å². The highest BCUT2D eigenvalue weighted by atomic mass is 32.1. The highest BCUT2D eigenvalue weighted by molar-refractivity contribution is 7.17. The van der Waals surface area contributed by atoms with Gasteiger partial charge in [0.2, 0.25) is 0 Å². The summed E-state index contributed by atoms with van der Waals surface area (Å²) in [5, 5.41) is 5.94. The Labute approximate surface area is 165 Å². The monoisotopic (exact) mass is 377 g/mol. The molecule has 0 N–H and O–H groups in total. The minimum atomic E-state index is 0.922. The van der Waals surface area contributed by atoms with Crippen LogP contribution in [0.4, 0.5) is 0 Å². The highest BCUT2D eigenvalue weighted by Crippen LogP contribution is 2.37. The number of pyridine rings is 2. The van der Waals surface area contributed by atoms with E-state index in [0.29, 0.717) is 0 Å². The van der Waals surface area contributed by atoms with Gasteiger partial charge in [-0.15, -0.1) is 11.3 Å². The second-order valence-electron chi connectivity index (χ2n) is 6.77. The topological polar surface area (TPSA) is 30.7 Å². The maximum Gasteiger partial charge on any atom is 0.138 e. The first kappa shape index (κ1) is 15.5. The van der Waals surface area contributed by atoms with Gasteiger partial charge in [-0.3, -0.25) is 9.55 Å². The van der Waals surface area contributed by atoms with E-state index < -0.39 is 0 Å². The Hall–Kier alpha value is -3.50. The third kappa shape index (κ3) is 2.22. The maximum absolute atomic E-state index is 5.00. The van der Waals surface area contributed by atoms with Crippen molar-refractivity contribution in [3.63, 3.8) is 0 Å². The van der Waals surface area contributed by atoms with Crippen molar-refractivity contribution in [2.24, 2.45) is 0 Å². The summed E-state index contributed by atoms with van der Waals surface area (Å²) in [7, 11) is 0. The summed E-state index contributed by atoms with van der Waals surface area (Å²) >= 11 is 1.77. The van der Waals surface area contributed by atoms with Crippen LogP contribution in [-0.4, -0.2) is 14.5 Å². The molecule has 0 atom stereocenters. The molecule has 4 aromatic heterocycles. The summed E-state index contributed by atoms with van der Waals surface area (Å²) in [6.07, 6.45) is 3.64. The van der Waals surface area contributed by atoms with E-state index in [-0.39, 0.29) is 0 Å². The second-order valence-corrected chi connectivity index (χ2v) is 7.72. The van der Waals surface area contributed by atoms with Gasteiger partial charge in [0, 0.05) is 38.8 Å². The van der Waals surface area contributed by atoms with E-state index >= 15 is 0 Å². The first-order valence-electron chi connectivity index (χ1n) is 9.17. The first-order valence-corrected chi connectivity index (χ1v) is 10.1. The van der Waals surface area contributed by atoms with E-state index in [1.54, 1.807) is 17.5 Å². The van der Waals surface area contributed by atoms with Crippen molar-refractivity contribution in [1.29, 1.82) is 0 Å². The Balaban J connectivity index is 1.73. The Morgan fingerprint density at radius 1 is 0.750 bits per heavy atom. The number of hydrogen-bond donors (Lipinski definition) is 0. The number of nitrogens with zero attached hydrogens (tertiary/aromatic N) is 3. The van der Waals surface area contributed by atoms with Gasteiger partial charge in [0.25, 0.3) is 0 Å². The summed E-state index contributed by atoms with van der Waals surface area (Å²) in [6, 6.07) is 25.4. The van der Waals surface area contributed by atoms with Crippen LogP contribution in [0.5, 0.6) is 0 Å². The molecule has 0 unspecified atom stereocenters. The molecule has 28 heavy (non-hydrogen) atoms. The molecule has 3 nitrogen and oxygen atoms in total. The molecular formula is C24H15N3S. The van der Waals surface area contributed by atoms with Crippen LogP contribution in [0.3, 0.4) is 0 Å². The van der Waals surface area contributed by atoms with Gasteiger partial charge in [-0.25, -0.2) is 4.98 Å². The zero-order chi connectivity index (χ0) is 18.5. The molecule has 0 aliphatic rings. The molecule has 0 radical (unpaired) electrons. The van der Waals surface area contributed by atoms with Gasteiger partial charge in [0.1, 0.15) is 5.82 Å². The Bertz CT molecular complexity index is 1460. The van der Waals surface area contributed by atoms with E-state index in [0.717, 1.165) is 17.1 Å². The number of para-hydroxylation sites is 1. The lowest BCUT2D eigenvalue weighted by molar-refractivity contribution is 1.09. The number of aromatic nitrogens is 3. The normalized spacial score (nSPS) is 11.6. The zero-order valence-electron chi connectivity index (χ0n) is 14.9. The fourth-order valence-corrected chi connectivity index (χ4v) is 4.75. The average molecular weight is 377 g/mol. The Morgan fingerprint density at radius 2 is 1.71 bits per heavy atom. The van der Waals surface area contributed by atoms with Gasteiger partial charge in [-0.2, -0.15) is 0 Å². The van der Waals surface area contributed by atoms with Gasteiger partial charge >= 0.3 is 0 Å². The third-order valence-corrected chi connectivity index (χ3v) is 6.07. The summed E-state index contributed by atoms with van der Waals surface area (Å²) < 4.78 is 3.58. The molecule has 0 spiro atoms. The largest absolute Gasteiger partial charge is 0.293 e. The molecule has 6 aromatic rings. The fraction of sp³-hybridized carbons (Fsp3) is 0. The van der Waals surface area contributed by atoms with Crippen LogP contribution in [-0.2, 0) is 0 Å². The quantitative estimate of drug-likeness (QED) is 0.347. The first-order chi connectivity index (χ1) is 13.9. The van der Waals surface area contributed by atoms with Gasteiger partial charge in [-0.05, 0) is 47.8 Å². The summed E-state index contributed by atoms with van der Waals surface area (Å²) in [5.41, 5.74) is 4.34. The van der Waals surface area contributed by atoms with E-state index in [9.17, 15) is 0 Å². The van der Waals surface area contributed by atoms with Crippen molar-refractivity contribution in [3.05, 3.63) is 90.6 Å². The molecule has 0 aliphatic carbocycles. The molecule has 0 amide bonds. The van der Waals surface area contributed by atoms with Crippen LogP contribution in [0.25, 0.3) is 49.0 Å². The molecule has 0 bridgehead atoms. The average Bonchev–Trinajstić information content (AvgIpc) is 3.37. The van der Waals surface area contributed by atoms with Gasteiger partial charge in [-0.1, -0.05) is 30.3 Å². The maximum atomic E-state index is 5.00. The fourth-order valence-electron chi connectivity index (χ4n) is 3.96. The van der Waals surface area contributed by atoms with Crippen molar-refractivity contribution in [1.82, 2.24) is 14.5 Å². The molecule has 4 heterocycles. The number of thiophene rings is 1. The number of rotatable bonds is 2. The van der Waals surface area contributed by atoms with Crippen LogP contribution >= 0.6 is 11.3 Å². The predicted octanol–water partition coefficient (Wildman–Crippen LogP) is 6.46. The van der Waals surface area contributed by atoms with E-state index in [2.05, 4.69) is 69.5 Å². The van der Waals surface area contributed by atoms with Crippen LogP contribution in [0.15, 0.2) is 90.6 Å². The van der Waals surface area contributed by atoms with E-state index in [1.807, 2.05) is 24.4 Å². The smallest absolute Gasteiger partial charge is 0.138 e. The summed E-state index contributed by atoms with van der Waals surface area (Å²) in [6.45, 7) is 0. The molecule has 0 aliphatic heterocycles. The van der Waals surface area contributed by atoms with Crippen LogP contribution in [0.2, 0.25) is 0 Å². The molecule has 132 valence electrons. The lowest BCUT2D eigenvalue weighted by Crippen LogP contribution is -1.98. The number of fused-ring (bicyclic) bond motifs is 5. The van der Waals surface area contributed by atoms with Crippen LogP contribution < -0.4 is 0 Å². The third-order valence-electron chi connectivity index (χ3n) is 5.19. The van der Waals surface area contributed by atoms with Gasteiger partial charge < -0.3 is 0 Å². The molecule has 0 saturated carbocycles.